The molecule has 0 fully saturated rings. The second-order valence-corrected chi connectivity index (χ2v) is 3.14. The molecule has 72 valence electrons. The number of alkyl halides is 3. The van der Waals surface area contributed by atoms with Crippen molar-refractivity contribution in [3.63, 3.8) is 0 Å². The molecule has 1 atom stereocenters. The first-order chi connectivity index (χ1) is 5.91. The van der Waals surface area contributed by atoms with Crippen molar-refractivity contribution in [2.75, 3.05) is 0 Å². The molecule has 1 rings (SSSR count). The van der Waals surface area contributed by atoms with Crippen molar-refractivity contribution in [2.45, 2.75) is 12.3 Å². The molecule has 1 heterocycles. The number of pyridine rings is 1. The Balaban J connectivity index is 2.96. The largest absolute Gasteiger partial charge is 0.420 e. The first-order valence-corrected chi connectivity index (χ1v) is 4.08. The molecule has 6 heteroatoms. The number of rotatable bonds is 1. The number of hydrogen-bond donors (Lipinski definition) is 1. The van der Waals surface area contributed by atoms with Gasteiger partial charge in [0, 0.05) is 0 Å². The maximum Gasteiger partial charge on any atom is 0.420 e. The van der Waals surface area contributed by atoms with Crippen molar-refractivity contribution in [1.29, 1.82) is 0 Å². The van der Waals surface area contributed by atoms with E-state index >= 15 is 0 Å². The van der Waals surface area contributed by atoms with E-state index in [2.05, 4.69) is 20.9 Å². The Bertz CT molecular complexity index is 302. The molecule has 1 aromatic rings. The van der Waals surface area contributed by atoms with Crippen LogP contribution in [0.1, 0.15) is 11.8 Å². The quantitative estimate of drug-likeness (QED) is 0.783. The third-order valence-corrected chi connectivity index (χ3v) is 1.77. The van der Waals surface area contributed by atoms with Crippen molar-refractivity contribution in [1.82, 2.24) is 4.98 Å². The number of halogens is 4. The Hall–Kier alpha value is -0.620. The molecular formula is C7H5BrF3NO. The molecule has 0 bridgehead atoms. The SMILES string of the molecule is OC(c1cccc(Br)n1)C(F)(F)F. The van der Waals surface area contributed by atoms with Gasteiger partial charge >= 0.3 is 6.18 Å². The Morgan fingerprint density at radius 1 is 1.38 bits per heavy atom. The maximum absolute atomic E-state index is 12.0. The summed E-state index contributed by atoms with van der Waals surface area (Å²) in [4.78, 5) is 3.49. The number of aliphatic hydroxyl groups is 1. The standard InChI is InChI=1S/C7H5BrF3NO/c8-5-3-1-2-4(12-5)6(13)7(9,10)11/h1-3,6,13H. The second-order valence-electron chi connectivity index (χ2n) is 2.33. The Morgan fingerprint density at radius 3 is 2.46 bits per heavy atom. The summed E-state index contributed by atoms with van der Waals surface area (Å²) in [5.41, 5.74) is -0.415. The van der Waals surface area contributed by atoms with Crippen molar-refractivity contribution < 1.29 is 18.3 Å². The van der Waals surface area contributed by atoms with Gasteiger partial charge in [0.05, 0.1) is 5.69 Å². The van der Waals surface area contributed by atoms with Gasteiger partial charge in [-0.1, -0.05) is 6.07 Å². The minimum absolute atomic E-state index is 0.258. The molecule has 0 saturated carbocycles. The van der Waals surface area contributed by atoms with E-state index in [9.17, 15) is 13.2 Å². The fourth-order valence-electron chi connectivity index (χ4n) is 0.744. The van der Waals surface area contributed by atoms with E-state index in [-0.39, 0.29) is 4.60 Å². The molecule has 2 nitrogen and oxygen atoms in total. The number of hydrogen-bond acceptors (Lipinski definition) is 2. The van der Waals surface area contributed by atoms with Crippen LogP contribution in [-0.2, 0) is 0 Å². The lowest BCUT2D eigenvalue weighted by Gasteiger charge is -2.13. The van der Waals surface area contributed by atoms with Gasteiger partial charge in [-0.05, 0) is 28.1 Å². The molecule has 1 N–H and O–H groups in total. The third kappa shape index (κ3) is 2.67. The average molecular weight is 256 g/mol. The Morgan fingerprint density at radius 2 is 2.00 bits per heavy atom. The van der Waals surface area contributed by atoms with E-state index in [1.54, 1.807) is 0 Å². The highest BCUT2D eigenvalue weighted by Gasteiger charge is 2.40. The van der Waals surface area contributed by atoms with Gasteiger partial charge in [-0.3, -0.25) is 0 Å². The van der Waals surface area contributed by atoms with Crippen LogP contribution in [0.5, 0.6) is 0 Å². The molecule has 0 spiro atoms. The zero-order valence-electron chi connectivity index (χ0n) is 6.22. The monoisotopic (exact) mass is 255 g/mol. The Labute approximate surface area is 80.5 Å². The summed E-state index contributed by atoms with van der Waals surface area (Å²) >= 11 is 2.91. The fourth-order valence-corrected chi connectivity index (χ4v) is 1.10. The van der Waals surface area contributed by atoms with E-state index in [1.165, 1.54) is 12.1 Å². The average Bonchev–Trinajstić information content (AvgIpc) is 2.01. The Kier molecular flexibility index (Phi) is 2.92. The minimum atomic E-state index is -4.67. The first-order valence-electron chi connectivity index (χ1n) is 3.28. The molecule has 1 unspecified atom stereocenters. The molecule has 0 aliphatic heterocycles. The smallest absolute Gasteiger partial charge is 0.378 e. The van der Waals surface area contributed by atoms with E-state index in [0.29, 0.717) is 0 Å². The zero-order valence-corrected chi connectivity index (χ0v) is 7.80. The lowest BCUT2D eigenvalue weighted by atomic mass is 10.2. The summed E-state index contributed by atoms with van der Waals surface area (Å²) < 4.78 is 36.1. The first kappa shape index (κ1) is 10.5. The molecule has 0 saturated heterocycles. The van der Waals surface area contributed by atoms with Crippen molar-refractivity contribution in [3.8, 4) is 0 Å². The van der Waals surface area contributed by atoms with E-state index in [0.717, 1.165) is 6.07 Å². The van der Waals surface area contributed by atoms with Crippen LogP contribution in [0.4, 0.5) is 13.2 Å². The van der Waals surface area contributed by atoms with Crippen LogP contribution in [-0.4, -0.2) is 16.3 Å². The predicted octanol–water partition coefficient (Wildman–Crippen LogP) is 2.44. The molecule has 0 aromatic carbocycles. The summed E-state index contributed by atoms with van der Waals surface area (Å²) in [7, 11) is 0. The highest BCUT2D eigenvalue weighted by atomic mass is 79.9. The summed E-state index contributed by atoms with van der Waals surface area (Å²) in [6, 6.07) is 3.97. The summed E-state index contributed by atoms with van der Waals surface area (Å²) in [5, 5.41) is 8.77. The van der Waals surface area contributed by atoms with Gasteiger partial charge < -0.3 is 5.11 Å². The van der Waals surface area contributed by atoms with E-state index in [1.807, 2.05) is 0 Å². The lowest BCUT2D eigenvalue weighted by molar-refractivity contribution is -0.208. The maximum atomic E-state index is 12.0. The molecule has 0 aliphatic rings. The summed E-state index contributed by atoms with van der Waals surface area (Å²) in [6.07, 6.45) is -7.20. The number of aromatic nitrogens is 1. The predicted molar refractivity (Wildman–Crippen MR) is 43.0 cm³/mol. The molecule has 1 aromatic heterocycles. The summed E-state index contributed by atoms with van der Waals surface area (Å²) in [5.74, 6) is 0. The van der Waals surface area contributed by atoms with Gasteiger partial charge in [0.2, 0.25) is 0 Å². The minimum Gasteiger partial charge on any atom is -0.378 e. The zero-order chi connectivity index (χ0) is 10.1. The normalized spacial score (nSPS) is 14.2. The van der Waals surface area contributed by atoms with Crippen LogP contribution in [0.3, 0.4) is 0 Å². The molecule has 0 amide bonds. The van der Waals surface area contributed by atoms with Crippen LogP contribution in [0.15, 0.2) is 22.8 Å². The highest BCUT2D eigenvalue weighted by Crippen LogP contribution is 2.31. The summed E-state index contributed by atoms with van der Waals surface area (Å²) in [6.45, 7) is 0. The van der Waals surface area contributed by atoms with Gasteiger partial charge in [0.1, 0.15) is 4.60 Å². The fraction of sp³-hybridized carbons (Fsp3) is 0.286. The molecule has 0 aliphatic carbocycles. The van der Waals surface area contributed by atoms with Crippen LogP contribution < -0.4 is 0 Å². The van der Waals surface area contributed by atoms with Gasteiger partial charge in [-0.25, -0.2) is 4.98 Å². The van der Waals surface area contributed by atoms with Gasteiger partial charge in [-0.15, -0.1) is 0 Å². The van der Waals surface area contributed by atoms with Crippen molar-refractivity contribution in [3.05, 3.63) is 28.5 Å². The van der Waals surface area contributed by atoms with E-state index in [4.69, 9.17) is 5.11 Å². The van der Waals surface area contributed by atoms with Crippen LogP contribution in [0.25, 0.3) is 0 Å². The molecule has 13 heavy (non-hydrogen) atoms. The lowest BCUT2D eigenvalue weighted by Crippen LogP contribution is -2.21. The van der Waals surface area contributed by atoms with Gasteiger partial charge in [0.25, 0.3) is 0 Å². The number of nitrogens with zero attached hydrogens (tertiary/aromatic N) is 1. The number of aliphatic hydroxyl groups excluding tert-OH is 1. The molecule has 0 radical (unpaired) electrons. The van der Waals surface area contributed by atoms with Crippen molar-refractivity contribution in [2.24, 2.45) is 0 Å². The van der Waals surface area contributed by atoms with Crippen LogP contribution >= 0.6 is 15.9 Å². The van der Waals surface area contributed by atoms with Crippen molar-refractivity contribution >= 4 is 15.9 Å². The van der Waals surface area contributed by atoms with Crippen LogP contribution in [0.2, 0.25) is 0 Å². The van der Waals surface area contributed by atoms with Crippen LogP contribution in [0, 0.1) is 0 Å². The topological polar surface area (TPSA) is 33.1 Å². The second kappa shape index (κ2) is 3.63. The van der Waals surface area contributed by atoms with Gasteiger partial charge in [0.15, 0.2) is 6.10 Å². The van der Waals surface area contributed by atoms with E-state index < -0.39 is 18.0 Å². The molecular weight excluding hydrogens is 251 g/mol. The third-order valence-electron chi connectivity index (χ3n) is 1.33. The van der Waals surface area contributed by atoms with Gasteiger partial charge in [-0.2, -0.15) is 13.2 Å². The highest BCUT2D eigenvalue weighted by molar-refractivity contribution is 9.10.